The van der Waals surface area contributed by atoms with E-state index in [-0.39, 0.29) is 18.1 Å². The van der Waals surface area contributed by atoms with Gasteiger partial charge in [0.05, 0.1) is 7.11 Å². The number of oxazole rings is 1. The number of amides is 2. The molecule has 0 bridgehead atoms. The number of methoxy groups -OCH3 is 1. The maximum absolute atomic E-state index is 12.3. The maximum Gasteiger partial charge on any atom is 0.420 e. The summed E-state index contributed by atoms with van der Waals surface area (Å²) in [6, 6.07) is 0. The molecule has 2 amide bonds. The average molecular weight is 356 g/mol. The third-order valence-electron chi connectivity index (χ3n) is 2.47. The SMILES string of the molecule is COC(=O)c1coc(CN(C(=O)OC(C)(C)C)C(=O)OC(C)(C)C)n1. The summed E-state index contributed by atoms with van der Waals surface area (Å²) in [7, 11) is 1.20. The standard InChI is InChI=1S/C16H24N2O7/c1-15(2,3)24-13(20)18(14(21)25-16(4,5)6)8-11-17-10(9-23-11)12(19)22-7/h9H,8H2,1-7H3. The lowest BCUT2D eigenvalue weighted by Crippen LogP contribution is -2.43. The first-order valence-corrected chi connectivity index (χ1v) is 7.58. The smallest absolute Gasteiger partial charge is 0.420 e. The molecule has 0 radical (unpaired) electrons. The Morgan fingerprint density at radius 3 is 1.92 bits per heavy atom. The molecule has 0 unspecified atom stereocenters. The Bertz CT molecular complexity index is 610. The third kappa shape index (κ3) is 6.82. The summed E-state index contributed by atoms with van der Waals surface area (Å²) in [6.45, 7) is 9.63. The van der Waals surface area contributed by atoms with Gasteiger partial charge in [-0.05, 0) is 41.5 Å². The minimum Gasteiger partial charge on any atom is -0.464 e. The van der Waals surface area contributed by atoms with Crippen molar-refractivity contribution in [3.63, 3.8) is 0 Å². The fourth-order valence-corrected chi connectivity index (χ4v) is 1.55. The van der Waals surface area contributed by atoms with Gasteiger partial charge in [0.15, 0.2) is 5.69 Å². The van der Waals surface area contributed by atoms with Crippen LogP contribution in [0.4, 0.5) is 9.59 Å². The van der Waals surface area contributed by atoms with Gasteiger partial charge in [-0.1, -0.05) is 0 Å². The molecule has 0 aromatic carbocycles. The van der Waals surface area contributed by atoms with Crippen molar-refractivity contribution < 1.29 is 33.0 Å². The molecule has 140 valence electrons. The van der Waals surface area contributed by atoms with Crippen molar-refractivity contribution in [3.05, 3.63) is 17.8 Å². The molecular formula is C16H24N2O7. The van der Waals surface area contributed by atoms with E-state index in [0.717, 1.165) is 6.26 Å². The quantitative estimate of drug-likeness (QED) is 0.600. The zero-order chi connectivity index (χ0) is 19.4. The lowest BCUT2D eigenvalue weighted by atomic mass is 10.2. The molecule has 0 spiro atoms. The molecular weight excluding hydrogens is 332 g/mol. The molecule has 1 aromatic heterocycles. The molecule has 1 heterocycles. The van der Waals surface area contributed by atoms with E-state index in [0.29, 0.717) is 4.90 Å². The predicted molar refractivity (Wildman–Crippen MR) is 85.9 cm³/mol. The molecule has 0 saturated heterocycles. The van der Waals surface area contributed by atoms with Gasteiger partial charge in [-0.15, -0.1) is 0 Å². The summed E-state index contributed by atoms with van der Waals surface area (Å²) in [6.07, 6.45) is -0.761. The number of rotatable bonds is 3. The molecule has 0 aliphatic rings. The van der Waals surface area contributed by atoms with E-state index in [9.17, 15) is 14.4 Å². The number of nitrogens with zero attached hydrogens (tertiary/aromatic N) is 2. The number of ether oxygens (including phenoxy) is 3. The molecule has 0 fully saturated rings. The first-order valence-electron chi connectivity index (χ1n) is 7.58. The Labute approximate surface area is 146 Å². The van der Waals surface area contributed by atoms with E-state index < -0.39 is 29.4 Å². The van der Waals surface area contributed by atoms with Crippen LogP contribution in [0.5, 0.6) is 0 Å². The average Bonchev–Trinajstić information content (AvgIpc) is 2.88. The van der Waals surface area contributed by atoms with Gasteiger partial charge in [0, 0.05) is 0 Å². The normalized spacial score (nSPS) is 11.6. The van der Waals surface area contributed by atoms with Gasteiger partial charge in [-0.25, -0.2) is 24.3 Å². The number of esters is 1. The van der Waals surface area contributed by atoms with Crippen LogP contribution in [-0.4, -0.2) is 46.4 Å². The van der Waals surface area contributed by atoms with E-state index in [2.05, 4.69) is 9.72 Å². The van der Waals surface area contributed by atoms with E-state index >= 15 is 0 Å². The maximum atomic E-state index is 12.3. The zero-order valence-corrected chi connectivity index (χ0v) is 15.5. The molecule has 0 saturated carbocycles. The topological polar surface area (TPSA) is 108 Å². The molecule has 9 heteroatoms. The number of carbonyl (C=O) groups is 3. The fourth-order valence-electron chi connectivity index (χ4n) is 1.55. The van der Waals surface area contributed by atoms with Crippen LogP contribution < -0.4 is 0 Å². The van der Waals surface area contributed by atoms with Crippen molar-refractivity contribution in [1.29, 1.82) is 0 Å². The summed E-state index contributed by atoms with van der Waals surface area (Å²) >= 11 is 0. The molecule has 0 N–H and O–H groups in total. The Balaban J connectivity index is 3.01. The molecule has 0 atom stereocenters. The summed E-state index contributed by atoms with van der Waals surface area (Å²) in [5, 5.41) is 0. The molecule has 0 aliphatic heterocycles. The highest BCUT2D eigenvalue weighted by molar-refractivity contribution is 5.88. The van der Waals surface area contributed by atoms with Crippen molar-refractivity contribution >= 4 is 18.2 Å². The second-order valence-electron chi connectivity index (χ2n) is 7.16. The van der Waals surface area contributed by atoms with E-state index in [1.54, 1.807) is 41.5 Å². The van der Waals surface area contributed by atoms with Crippen LogP contribution in [0.15, 0.2) is 10.7 Å². The van der Waals surface area contributed by atoms with E-state index in [4.69, 9.17) is 13.9 Å². The van der Waals surface area contributed by atoms with Gasteiger partial charge in [0.25, 0.3) is 0 Å². The van der Waals surface area contributed by atoms with E-state index in [1.165, 1.54) is 7.11 Å². The highest BCUT2D eigenvalue weighted by Crippen LogP contribution is 2.17. The van der Waals surface area contributed by atoms with Crippen molar-refractivity contribution in [3.8, 4) is 0 Å². The second-order valence-corrected chi connectivity index (χ2v) is 7.16. The lowest BCUT2D eigenvalue weighted by molar-refractivity contribution is -0.00176. The van der Waals surface area contributed by atoms with Gasteiger partial charge < -0.3 is 18.6 Å². The predicted octanol–water partition coefficient (Wildman–Crippen LogP) is 3.13. The van der Waals surface area contributed by atoms with Crippen LogP contribution in [-0.2, 0) is 20.8 Å². The lowest BCUT2D eigenvalue weighted by Gasteiger charge is -2.27. The van der Waals surface area contributed by atoms with Gasteiger partial charge >= 0.3 is 18.2 Å². The van der Waals surface area contributed by atoms with Gasteiger partial charge in [0.2, 0.25) is 5.89 Å². The van der Waals surface area contributed by atoms with Crippen LogP contribution in [0.3, 0.4) is 0 Å². The minimum absolute atomic E-state index is 0.0443. The summed E-state index contributed by atoms with van der Waals surface area (Å²) in [5.74, 6) is -0.742. The first kappa shape index (κ1) is 20.5. The number of hydrogen-bond donors (Lipinski definition) is 0. The number of aromatic nitrogens is 1. The molecule has 1 aromatic rings. The molecule has 1 rings (SSSR count). The van der Waals surface area contributed by atoms with Crippen molar-refractivity contribution in [2.24, 2.45) is 0 Å². The zero-order valence-electron chi connectivity index (χ0n) is 15.5. The Kier molecular flexibility index (Phi) is 6.17. The largest absolute Gasteiger partial charge is 0.464 e. The van der Waals surface area contributed by atoms with Crippen molar-refractivity contribution in [2.45, 2.75) is 59.3 Å². The first-order chi connectivity index (χ1) is 11.3. The van der Waals surface area contributed by atoms with Gasteiger partial charge in [-0.3, -0.25) is 0 Å². The number of imide groups is 1. The van der Waals surface area contributed by atoms with Crippen LogP contribution in [0, 0.1) is 0 Å². The minimum atomic E-state index is -0.917. The molecule has 9 nitrogen and oxygen atoms in total. The van der Waals surface area contributed by atoms with Crippen LogP contribution in [0.25, 0.3) is 0 Å². The van der Waals surface area contributed by atoms with Gasteiger partial charge in [-0.2, -0.15) is 0 Å². The monoisotopic (exact) mass is 356 g/mol. The summed E-state index contributed by atoms with van der Waals surface area (Å²) < 4.78 is 20.0. The van der Waals surface area contributed by atoms with E-state index in [1.807, 2.05) is 0 Å². The molecule has 25 heavy (non-hydrogen) atoms. The summed E-state index contributed by atoms with van der Waals surface area (Å²) in [4.78, 5) is 40.7. The number of carbonyl (C=O) groups excluding carboxylic acids is 3. The van der Waals surface area contributed by atoms with Gasteiger partial charge in [0.1, 0.15) is 24.0 Å². The second kappa shape index (κ2) is 7.54. The van der Waals surface area contributed by atoms with Crippen molar-refractivity contribution in [2.75, 3.05) is 7.11 Å². The van der Waals surface area contributed by atoms with Crippen LogP contribution >= 0.6 is 0 Å². The highest BCUT2D eigenvalue weighted by Gasteiger charge is 2.32. The Morgan fingerprint density at radius 1 is 1.04 bits per heavy atom. The Morgan fingerprint density at radius 2 is 1.52 bits per heavy atom. The fraction of sp³-hybridized carbons (Fsp3) is 0.625. The third-order valence-corrected chi connectivity index (χ3v) is 2.47. The Hall–Kier alpha value is -2.58. The highest BCUT2D eigenvalue weighted by atomic mass is 16.6. The van der Waals surface area contributed by atoms with Crippen LogP contribution in [0.2, 0.25) is 0 Å². The molecule has 0 aliphatic carbocycles. The number of hydrogen-bond acceptors (Lipinski definition) is 8. The van der Waals surface area contributed by atoms with Crippen LogP contribution in [0.1, 0.15) is 57.9 Å². The summed E-state index contributed by atoms with van der Waals surface area (Å²) in [5.41, 5.74) is -1.71. The van der Waals surface area contributed by atoms with Crippen molar-refractivity contribution in [1.82, 2.24) is 9.88 Å².